The first kappa shape index (κ1) is 13.4. The van der Waals surface area contributed by atoms with Crippen molar-refractivity contribution in [2.24, 2.45) is 5.73 Å². The predicted octanol–water partition coefficient (Wildman–Crippen LogP) is 1.22. The predicted molar refractivity (Wildman–Crippen MR) is 70.9 cm³/mol. The first-order chi connectivity index (χ1) is 9.16. The number of hydrogen-bond acceptors (Lipinski definition) is 3. The van der Waals surface area contributed by atoms with E-state index in [-0.39, 0.29) is 24.1 Å². The SMILES string of the molecule is NC(=O)c1ccccc1OCC(=O)NC1CCCC1. The molecular weight excluding hydrogens is 244 g/mol. The molecule has 2 amide bonds. The number of nitrogens with one attached hydrogen (secondary N) is 1. The highest BCUT2D eigenvalue weighted by Crippen LogP contribution is 2.18. The molecule has 3 N–H and O–H groups in total. The summed E-state index contributed by atoms with van der Waals surface area (Å²) in [6, 6.07) is 6.90. The van der Waals surface area contributed by atoms with Gasteiger partial charge in [-0.15, -0.1) is 0 Å². The highest BCUT2D eigenvalue weighted by atomic mass is 16.5. The lowest BCUT2D eigenvalue weighted by molar-refractivity contribution is -0.123. The lowest BCUT2D eigenvalue weighted by Crippen LogP contribution is -2.36. The lowest BCUT2D eigenvalue weighted by Gasteiger charge is -2.13. The van der Waals surface area contributed by atoms with Gasteiger partial charge in [0.1, 0.15) is 5.75 Å². The van der Waals surface area contributed by atoms with Gasteiger partial charge in [0.05, 0.1) is 5.56 Å². The summed E-state index contributed by atoms with van der Waals surface area (Å²) in [5.74, 6) is -0.380. The molecule has 102 valence electrons. The fourth-order valence-electron chi connectivity index (χ4n) is 2.28. The van der Waals surface area contributed by atoms with Crippen molar-refractivity contribution in [3.63, 3.8) is 0 Å². The quantitative estimate of drug-likeness (QED) is 0.837. The minimum atomic E-state index is -0.563. The first-order valence-corrected chi connectivity index (χ1v) is 6.48. The van der Waals surface area contributed by atoms with Gasteiger partial charge in [0.15, 0.2) is 6.61 Å². The molecular formula is C14H18N2O3. The molecule has 1 aromatic carbocycles. The van der Waals surface area contributed by atoms with Crippen molar-refractivity contribution in [2.45, 2.75) is 31.7 Å². The Hall–Kier alpha value is -2.04. The largest absolute Gasteiger partial charge is 0.483 e. The number of para-hydroxylation sites is 1. The van der Waals surface area contributed by atoms with Crippen LogP contribution in [0.2, 0.25) is 0 Å². The van der Waals surface area contributed by atoms with Gasteiger partial charge in [0.25, 0.3) is 11.8 Å². The third-order valence-electron chi connectivity index (χ3n) is 3.23. The normalized spacial score (nSPS) is 15.2. The van der Waals surface area contributed by atoms with E-state index >= 15 is 0 Å². The highest BCUT2D eigenvalue weighted by Gasteiger charge is 2.17. The third-order valence-corrected chi connectivity index (χ3v) is 3.23. The van der Waals surface area contributed by atoms with Gasteiger partial charge in [-0.1, -0.05) is 25.0 Å². The molecule has 2 rings (SSSR count). The van der Waals surface area contributed by atoms with Gasteiger partial charge in [-0.3, -0.25) is 9.59 Å². The molecule has 0 radical (unpaired) electrons. The van der Waals surface area contributed by atoms with Crippen molar-refractivity contribution in [1.82, 2.24) is 5.32 Å². The van der Waals surface area contributed by atoms with Crippen LogP contribution in [-0.4, -0.2) is 24.5 Å². The molecule has 0 aromatic heterocycles. The topological polar surface area (TPSA) is 81.4 Å². The van der Waals surface area contributed by atoms with E-state index in [1.807, 2.05) is 0 Å². The molecule has 0 spiro atoms. The monoisotopic (exact) mass is 262 g/mol. The zero-order chi connectivity index (χ0) is 13.7. The molecule has 1 fully saturated rings. The maximum atomic E-state index is 11.7. The first-order valence-electron chi connectivity index (χ1n) is 6.48. The molecule has 0 bridgehead atoms. The van der Waals surface area contributed by atoms with Crippen LogP contribution in [0.15, 0.2) is 24.3 Å². The number of benzene rings is 1. The molecule has 0 unspecified atom stereocenters. The zero-order valence-corrected chi connectivity index (χ0v) is 10.7. The summed E-state index contributed by atoms with van der Waals surface area (Å²) in [7, 11) is 0. The third kappa shape index (κ3) is 3.71. The second-order valence-corrected chi connectivity index (χ2v) is 4.70. The molecule has 0 atom stereocenters. The highest BCUT2D eigenvalue weighted by molar-refractivity contribution is 5.95. The average Bonchev–Trinajstić information content (AvgIpc) is 2.89. The molecule has 19 heavy (non-hydrogen) atoms. The molecule has 1 aromatic rings. The number of carbonyl (C=O) groups excluding carboxylic acids is 2. The van der Waals surface area contributed by atoms with Crippen LogP contribution in [0.4, 0.5) is 0 Å². The lowest BCUT2D eigenvalue weighted by atomic mass is 10.2. The van der Waals surface area contributed by atoms with Crippen LogP contribution >= 0.6 is 0 Å². The van der Waals surface area contributed by atoms with E-state index in [1.165, 1.54) is 0 Å². The molecule has 0 saturated heterocycles. The Morgan fingerprint density at radius 1 is 1.26 bits per heavy atom. The fourth-order valence-corrected chi connectivity index (χ4v) is 2.28. The zero-order valence-electron chi connectivity index (χ0n) is 10.7. The van der Waals surface area contributed by atoms with Crippen LogP contribution in [0.1, 0.15) is 36.0 Å². The molecule has 1 aliphatic rings. The molecule has 5 nitrogen and oxygen atoms in total. The van der Waals surface area contributed by atoms with E-state index < -0.39 is 5.91 Å². The maximum absolute atomic E-state index is 11.7. The van der Waals surface area contributed by atoms with Crippen molar-refractivity contribution in [3.8, 4) is 5.75 Å². The van der Waals surface area contributed by atoms with Crippen LogP contribution < -0.4 is 15.8 Å². The van der Waals surface area contributed by atoms with E-state index in [1.54, 1.807) is 24.3 Å². The second kappa shape index (κ2) is 6.22. The van der Waals surface area contributed by atoms with Crippen molar-refractivity contribution in [1.29, 1.82) is 0 Å². The summed E-state index contributed by atoms with van der Waals surface area (Å²) in [6.45, 7) is -0.0964. The van der Waals surface area contributed by atoms with Crippen molar-refractivity contribution < 1.29 is 14.3 Å². The van der Waals surface area contributed by atoms with E-state index in [9.17, 15) is 9.59 Å². The second-order valence-electron chi connectivity index (χ2n) is 4.70. The summed E-state index contributed by atoms with van der Waals surface area (Å²) in [6.07, 6.45) is 4.39. The Morgan fingerprint density at radius 2 is 1.95 bits per heavy atom. The Morgan fingerprint density at radius 3 is 2.63 bits per heavy atom. The maximum Gasteiger partial charge on any atom is 0.258 e. The summed E-state index contributed by atoms with van der Waals surface area (Å²) in [4.78, 5) is 22.9. The Bertz CT molecular complexity index is 468. The van der Waals surface area contributed by atoms with E-state index in [0.717, 1.165) is 25.7 Å². The Kier molecular flexibility index (Phi) is 4.39. The van der Waals surface area contributed by atoms with E-state index in [0.29, 0.717) is 5.75 Å². The number of nitrogens with two attached hydrogens (primary N) is 1. The number of carbonyl (C=O) groups is 2. The van der Waals surface area contributed by atoms with Gasteiger partial charge in [0.2, 0.25) is 0 Å². The van der Waals surface area contributed by atoms with Crippen LogP contribution in [0.3, 0.4) is 0 Å². The number of hydrogen-bond donors (Lipinski definition) is 2. The molecule has 1 aliphatic carbocycles. The molecule has 1 saturated carbocycles. The Balaban J connectivity index is 1.87. The van der Waals surface area contributed by atoms with Gasteiger partial charge in [-0.05, 0) is 25.0 Å². The van der Waals surface area contributed by atoms with E-state index in [2.05, 4.69) is 5.32 Å². The van der Waals surface area contributed by atoms with Gasteiger partial charge >= 0.3 is 0 Å². The molecule has 0 heterocycles. The van der Waals surface area contributed by atoms with Crippen molar-refractivity contribution in [2.75, 3.05) is 6.61 Å². The van der Waals surface area contributed by atoms with Crippen LogP contribution in [0, 0.1) is 0 Å². The smallest absolute Gasteiger partial charge is 0.258 e. The van der Waals surface area contributed by atoms with Gasteiger partial charge in [0, 0.05) is 6.04 Å². The summed E-state index contributed by atoms with van der Waals surface area (Å²) in [5.41, 5.74) is 5.52. The van der Waals surface area contributed by atoms with Crippen LogP contribution in [-0.2, 0) is 4.79 Å². The number of ether oxygens (including phenoxy) is 1. The standard InChI is InChI=1S/C14H18N2O3/c15-14(18)11-7-3-4-8-12(11)19-9-13(17)16-10-5-1-2-6-10/h3-4,7-8,10H,1-2,5-6,9H2,(H2,15,18)(H,16,17). The van der Waals surface area contributed by atoms with E-state index in [4.69, 9.17) is 10.5 Å². The van der Waals surface area contributed by atoms with Crippen molar-refractivity contribution in [3.05, 3.63) is 29.8 Å². The minimum absolute atomic E-state index is 0.0964. The number of primary amides is 1. The van der Waals surface area contributed by atoms with Gasteiger partial charge < -0.3 is 15.8 Å². The van der Waals surface area contributed by atoms with Crippen LogP contribution in [0.25, 0.3) is 0 Å². The fraction of sp³-hybridized carbons (Fsp3) is 0.429. The average molecular weight is 262 g/mol. The summed E-state index contributed by atoms with van der Waals surface area (Å²) < 4.78 is 5.36. The van der Waals surface area contributed by atoms with Crippen molar-refractivity contribution >= 4 is 11.8 Å². The summed E-state index contributed by atoms with van der Waals surface area (Å²) >= 11 is 0. The number of rotatable bonds is 5. The van der Waals surface area contributed by atoms with Crippen LogP contribution in [0.5, 0.6) is 5.75 Å². The molecule has 0 aliphatic heterocycles. The van der Waals surface area contributed by atoms with Gasteiger partial charge in [-0.2, -0.15) is 0 Å². The van der Waals surface area contributed by atoms with Gasteiger partial charge in [-0.25, -0.2) is 0 Å². The Labute approximate surface area is 112 Å². The molecule has 5 heteroatoms. The number of amides is 2. The minimum Gasteiger partial charge on any atom is -0.483 e. The summed E-state index contributed by atoms with van der Waals surface area (Å²) in [5, 5.41) is 2.92.